The lowest BCUT2D eigenvalue weighted by molar-refractivity contribution is 0.102. The third-order valence-electron chi connectivity index (χ3n) is 5.33. The molecule has 2 aromatic heterocycles. The zero-order valence-electron chi connectivity index (χ0n) is 16.2. The minimum absolute atomic E-state index is 0.0587. The zero-order valence-corrected chi connectivity index (χ0v) is 16.2. The number of nitrogens with zero attached hydrogens (tertiary/aromatic N) is 1. The standard InChI is InChI=1S/C22H24N4O2/c1-13-10-19(14(2)23-13)21(27)24-16-7-5-6-15(11-16)12-20-17-8-3-4-9-18(17)22(28)26-25-20/h5-7,10-11,23H,3-4,8-9,12H2,1-2H3,(H,24,27)(H,26,28). The van der Waals surface area contributed by atoms with Crippen molar-refractivity contribution >= 4 is 11.6 Å². The van der Waals surface area contributed by atoms with Gasteiger partial charge in [0.25, 0.3) is 11.5 Å². The van der Waals surface area contributed by atoms with E-state index in [0.717, 1.165) is 65.1 Å². The first kappa shape index (κ1) is 18.2. The summed E-state index contributed by atoms with van der Waals surface area (Å²) >= 11 is 0. The number of hydrogen-bond donors (Lipinski definition) is 3. The predicted molar refractivity (Wildman–Crippen MR) is 109 cm³/mol. The van der Waals surface area contributed by atoms with Gasteiger partial charge < -0.3 is 10.3 Å². The highest BCUT2D eigenvalue weighted by Crippen LogP contribution is 2.23. The number of aryl methyl sites for hydroxylation is 2. The molecule has 0 saturated carbocycles. The minimum Gasteiger partial charge on any atom is -0.362 e. The van der Waals surface area contributed by atoms with E-state index in [1.807, 2.05) is 44.2 Å². The van der Waals surface area contributed by atoms with E-state index in [9.17, 15) is 9.59 Å². The van der Waals surface area contributed by atoms with E-state index in [1.165, 1.54) is 0 Å². The van der Waals surface area contributed by atoms with Crippen LogP contribution in [0.1, 0.15) is 57.0 Å². The Balaban J connectivity index is 1.56. The first-order chi connectivity index (χ1) is 13.5. The monoisotopic (exact) mass is 376 g/mol. The number of nitrogens with one attached hydrogen (secondary N) is 3. The largest absolute Gasteiger partial charge is 0.362 e. The normalized spacial score (nSPS) is 13.2. The molecule has 1 aliphatic carbocycles. The smallest absolute Gasteiger partial charge is 0.267 e. The highest BCUT2D eigenvalue weighted by atomic mass is 16.1. The number of hydrogen-bond acceptors (Lipinski definition) is 3. The molecule has 0 unspecified atom stereocenters. The number of aromatic amines is 2. The van der Waals surface area contributed by atoms with E-state index >= 15 is 0 Å². The van der Waals surface area contributed by atoms with Crippen molar-refractivity contribution in [2.75, 3.05) is 5.32 Å². The molecule has 2 heterocycles. The van der Waals surface area contributed by atoms with Gasteiger partial charge in [-0.3, -0.25) is 9.59 Å². The Labute approximate surface area is 163 Å². The molecular weight excluding hydrogens is 352 g/mol. The molecule has 0 radical (unpaired) electrons. The van der Waals surface area contributed by atoms with Gasteiger partial charge in [-0.1, -0.05) is 12.1 Å². The highest BCUT2D eigenvalue weighted by Gasteiger charge is 2.18. The topological polar surface area (TPSA) is 90.6 Å². The molecular formula is C22H24N4O2. The number of carbonyl (C=O) groups excluding carboxylic acids is 1. The number of aromatic nitrogens is 3. The Morgan fingerprint density at radius 3 is 2.68 bits per heavy atom. The van der Waals surface area contributed by atoms with Crippen molar-refractivity contribution in [1.29, 1.82) is 0 Å². The molecule has 0 aliphatic heterocycles. The van der Waals surface area contributed by atoms with Crippen LogP contribution in [0.4, 0.5) is 5.69 Å². The summed E-state index contributed by atoms with van der Waals surface area (Å²) in [7, 11) is 0. The Kier molecular flexibility index (Phi) is 4.86. The van der Waals surface area contributed by atoms with Gasteiger partial charge in [0.1, 0.15) is 0 Å². The SMILES string of the molecule is Cc1cc(C(=O)Nc2cccc(Cc3n[nH]c(=O)c4c3CCCC4)c2)c(C)[nH]1. The maximum absolute atomic E-state index is 12.6. The Hall–Kier alpha value is -3.15. The average Bonchev–Trinajstić information content (AvgIpc) is 3.03. The molecule has 1 amide bonds. The van der Waals surface area contributed by atoms with Gasteiger partial charge in [-0.05, 0) is 68.9 Å². The van der Waals surface area contributed by atoms with Crippen LogP contribution in [-0.2, 0) is 19.3 Å². The molecule has 0 saturated heterocycles. The van der Waals surface area contributed by atoms with Crippen LogP contribution in [0.5, 0.6) is 0 Å². The molecule has 1 aliphatic rings. The predicted octanol–water partition coefficient (Wildman–Crippen LogP) is 3.44. The number of anilines is 1. The van der Waals surface area contributed by atoms with Crippen LogP contribution in [0.2, 0.25) is 0 Å². The van der Waals surface area contributed by atoms with Gasteiger partial charge >= 0.3 is 0 Å². The molecule has 0 atom stereocenters. The molecule has 3 aromatic rings. The van der Waals surface area contributed by atoms with Crippen LogP contribution in [0, 0.1) is 13.8 Å². The molecule has 1 aromatic carbocycles. The molecule has 4 rings (SSSR count). The lowest BCUT2D eigenvalue weighted by Crippen LogP contribution is -2.23. The first-order valence-corrected chi connectivity index (χ1v) is 9.67. The number of H-pyrrole nitrogens is 2. The molecule has 0 spiro atoms. The second-order valence-electron chi connectivity index (χ2n) is 7.49. The highest BCUT2D eigenvalue weighted by molar-refractivity contribution is 6.05. The van der Waals surface area contributed by atoms with E-state index in [1.54, 1.807) is 0 Å². The summed E-state index contributed by atoms with van der Waals surface area (Å²) in [6.07, 6.45) is 4.51. The van der Waals surface area contributed by atoms with E-state index in [4.69, 9.17) is 0 Å². The van der Waals surface area contributed by atoms with Crippen LogP contribution in [0.15, 0.2) is 35.1 Å². The fraction of sp³-hybridized carbons (Fsp3) is 0.318. The van der Waals surface area contributed by atoms with Gasteiger partial charge in [0.15, 0.2) is 0 Å². The molecule has 28 heavy (non-hydrogen) atoms. The molecule has 0 bridgehead atoms. The van der Waals surface area contributed by atoms with Gasteiger partial charge in [-0.25, -0.2) is 5.10 Å². The van der Waals surface area contributed by atoms with Crippen molar-refractivity contribution in [1.82, 2.24) is 15.2 Å². The number of rotatable bonds is 4. The summed E-state index contributed by atoms with van der Waals surface area (Å²) in [4.78, 5) is 27.8. The van der Waals surface area contributed by atoms with Crippen molar-refractivity contribution < 1.29 is 4.79 Å². The van der Waals surface area contributed by atoms with Crippen molar-refractivity contribution in [2.45, 2.75) is 46.0 Å². The third-order valence-corrected chi connectivity index (χ3v) is 5.33. The lowest BCUT2D eigenvalue weighted by Gasteiger charge is -2.17. The number of carbonyl (C=O) groups is 1. The van der Waals surface area contributed by atoms with Gasteiger partial charge in [0.05, 0.1) is 11.3 Å². The van der Waals surface area contributed by atoms with Crippen LogP contribution in [0.25, 0.3) is 0 Å². The summed E-state index contributed by atoms with van der Waals surface area (Å²) in [6.45, 7) is 3.83. The summed E-state index contributed by atoms with van der Waals surface area (Å²) in [5.74, 6) is -0.126. The quantitative estimate of drug-likeness (QED) is 0.651. The Morgan fingerprint density at radius 1 is 1.14 bits per heavy atom. The molecule has 3 N–H and O–H groups in total. The maximum atomic E-state index is 12.6. The Bertz CT molecular complexity index is 1090. The average molecular weight is 376 g/mol. The first-order valence-electron chi connectivity index (χ1n) is 9.67. The third kappa shape index (κ3) is 3.63. The van der Waals surface area contributed by atoms with Crippen LogP contribution in [-0.4, -0.2) is 21.1 Å². The molecule has 6 nitrogen and oxygen atoms in total. The van der Waals surface area contributed by atoms with Crippen molar-refractivity contribution in [2.24, 2.45) is 0 Å². The molecule has 0 fully saturated rings. The van der Waals surface area contributed by atoms with Crippen molar-refractivity contribution in [3.63, 3.8) is 0 Å². The zero-order chi connectivity index (χ0) is 19.7. The van der Waals surface area contributed by atoms with E-state index in [-0.39, 0.29) is 11.5 Å². The Morgan fingerprint density at radius 2 is 1.93 bits per heavy atom. The van der Waals surface area contributed by atoms with Crippen molar-refractivity contribution in [3.8, 4) is 0 Å². The summed E-state index contributed by atoms with van der Waals surface area (Å²) in [5, 5.41) is 9.93. The molecule has 144 valence electrons. The fourth-order valence-corrected chi connectivity index (χ4v) is 3.98. The van der Waals surface area contributed by atoms with Gasteiger partial charge in [0, 0.05) is 29.1 Å². The summed E-state index contributed by atoms with van der Waals surface area (Å²) in [5.41, 5.74) is 7.12. The number of amides is 1. The second-order valence-corrected chi connectivity index (χ2v) is 7.49. The lowest BCUT2D eigenvalue weighted by atomic mass is 9.90. The van der Waals surface area contributed by atoms with E-state index in [0.29, 0.717) is 12.0 Å². The number of fused-ring (bicyclic) bond motifs is 1. The maximum Gasteiger partial charge on any atom is 0.267 e. The second kappa shape index (κ2) is 7.46. The van der Waals surface area contributed by atoms with Crippen LogP contribution < -0.4 is 10.9 Å². The van der Waals surface area contributed by atoms with Crippen LogP contribution >= 0.6 is 0 Å². The van der Waals surface area contributed by atoms with E-state index < -0.39 is 0 Å². The van der Waals surface area contributed by atoms with Crippen LogP contribution in [0.3, 0.4) is 0 Å². The van der Waals surface area contributed by atoms with Gasteiger partial charge in [-0.2, -0.15) is 5.10 Å². The van der Waals surface area contributed by atoms with E-state index in [2.05, 4.69) is 20.5 Å². The number of benzene rings is 1. The minimum atomic E-state index is -0.126. The van der Waals surface area contributed by atoms with Gasteiger partial charge in [0.2, 0.25) is 0 Å². The summed E-state index contributed by atoms with van der Waals surface area (Å²) in [6, 6.07) is 9.65. The fourth-order valence-electron chi connectivity index (χ4n) is 3.98. The van der Waals surface area contributed by atoms with Gasteiger partial charge in [-0.15, -0.1) is 0 Å². The summed E-state index contributed by atoms with van der Waals surface area (Å²) < 4.78 is 0. The van der Waals surface area contributed by atoms with Crippen molar-refractivity contribution in [3.05, 3.63) is 80.0 Å². The molecule has 6 heteroatoms.